The molecule has 108 valence electrons. The van der Waals surface area contributed by atoms with Gasteiger partial charge in [-0.15, -0.1) is 0 Å². The highest BCUT2D eigenvalue weighted by Gasteiger charge is 2.11. The molecule has 0 N–H and O–H groups in total. The highest BCUT2D eigenvalue weighted by Crippen LogP contribution is 2.32. The molecule has 0 radical (unpaired) electrons. The lowest BCUT2D eigenvalue weighted by Gasteiger charge is -2.09. The summed E-state index contributed by atoms with van der Waals surface area (Å²) >= 11 is 0. The molecule has 0 atom stereocenters. The van der Waals surface area contributed by atoms with Gasteiger partial charge >= 0.3 is 0 Å². The topological polar surface area (TPSA) is 17.8 Å². The summed E-state index contributed by atoms with van der Waals surface area (Å²) < 4.78 is 2.34. The van der Waals surface area contributed by atoms with Gasteiger partial charge in [0.25, 0.3) is 0 Å². The predicted molar refractivity (Wildman–Crippen MR) is 96.1 cm³/mol. The van der Waals surface area contributed by atoms with Gasteiger partial charge in [-0.05, 0) is 35.7 Å². The number of hydrogen-bond donors (Lipinski definition) is 0. The molecule has 2 nitrogen and oxygen atoms in total. The van der Waals surface area contributed by atoms with Gasteiger partial charge in [-0.1, -0.05) is 42.5 Å². The van der Waals surface area contributed by atoms with Crippen molar-refractivity contribution < 1.29 is 0 Å². The lowest BCUT2D eigenvalue weighted by molar-refractivity contribution is 1.18. The van der Waals surface area contributed by atoms with Crippen LogP contribution >= 0.6 is 0 Å². The van der Waals surface area contributed by atoms with Gasteiger partial charge in [-0.2, -0.15) is 0 Å². The van der Waals surface area contributed by atoms with E-state index in [1.807, 2.05) is 12.4 Å². The highest BCUT2D eigenvalue weighted by atomic mass is 15.0. The molecule has 2 heteroatoms. The minimum Gasteiger partial charge on any atom is -0.309 e. The number of rotatable bonds is 1. The van der Waals surface area contributed by atoms with Crippen LogP contribution in [0.25, 0.3) is 38.3 Å². The Hall–Kier alpha value is -3.13. The van der Waals surface area contributed by atoms with Gasteiger partial charge in [0, 0.05) is 34.2 Å². The summed E-state index contributed by atoms with van der Waals surface area (Å²) in [5, 5.41) is 4.95. The molecule has 0 saturated carbocycles. The van der Waals surface area contributed by atoms with Crippen molar-refractivity contribution in [2.75, 3.05) is 0 Å². The van der Waals surface area contributed by atoms with Gasteiger partial charge in [-0.3, -0.25) is 4.98 Å². The maximum absolute atomic E-state index is 4.20. The van der Waals surface area contributed by atoms with Crippen molar-refractivity contribution in [1.29, 1.82) is 0 Å². The summed E-state index contributed by atoms with van der Waals surface area (Å²) in [5.41, 5.74) is 3.66. The third-order valence-corrected chi connectivity index (χ3v) is 4.46. The molecule has 5 rings (SSSR count). The van der Waals surface area contributed by atoms with Crippen LogP contribution in [-0.4, -0.2) is 9.55 Å². The predicted octanol–water partition coefficient (Wildman–Crippen LogP) is 5.33. The molecule has 5 aromatic rings. The van der Waals surface area contributed by atoms with E-state index in [9.17, 15) is 0 Å². The number of hydrogen-bond acceptors (Lipinski definition) is 1. The molecule has 0 fully saturated rings. The van der Waals surface area contributed by atoms with E-state index in [2.05, 4.69) is 82.3 Å². The molecule has 3 aromatic carbocycles. The molecule has 0 amide bonds. The lowest BCUT2D eigenvalue weighted by Crippen LogP contribution is -1.93. The third kappa shape index (κ3) is 1.78. The minimum absolute atomic E-state index is 1.16. The maximum atomic E-state index is 4.20. The molecule has 0 aliphatic rings. The van der Waals surface area contributed by atoms with Crippen LogP contribution in [0, 0.1) is 0 Å². The van der Waals surface area contributed by atoms with Gasteiger partial charge in [0.15, 0.2) is 0 Å². The largest absolute Gasteiger partial charge is 0.309 e. The zero-order valence-electron chi connectivity index (χ0n) is 12.5. The number of aromatic nitrogens is 2. The van der Waals surface area contributed by atoms with E-state index in [4.69, 9.17) is 0 Å². The summed E-state index contributed by atoms with van der Waals surface area (Å²) in [6, 6.07) is 25.8. The standard InChI is InChI=1S/C21H14N2/c1-3-7-20-18(5-1)19-6-2-4-8-21(19)23(20)17-10-9-16-14-22-12-11-15(16)13-17/h1-14H. The quantitative estimate of drug-likeness (QED) is 0.408. The van der Waals surface area contributed by atoms with Crippen LogP contribution in [0.4, 0.5) is 0 Å². The molecule has 0 unspecified atom stereocenters. The second-order valence-electron chi connectivity index (χ2n) is 5.78. The van der Waals surface area contributed by atoms with Crippen molar-refractivity contribution in [3.8, 4) is 5.69 Å². The summed E-state index contributed by atoms with van der Waals surface area (Å²) in [6.45, 7) is 0. The molecule has 23 heavy (non-hydrogen) atoms. The van der Waals surface area contributed by atoms with Crippen LogP contribution in [0.3, 0.4) is 0 Å². The van der Waals surface area contributed by atoms with Crippen molar-refractivity contribution in [1.82, 2.24) is 9.55 Å². The Labute approximate surface area is 133 Å². The SMILES string of the molecule is c1ccc2c(c1)c1ccccc1n2-c1ccc2cnccc2c1. The second kappa shape index (κ2) is 4.68. The maximum Gasteiger partial charge on any atom is 0.0541 e. The molecule has 0 saturated heterocycles. The van der Waals surface area contributed by atoms with E-state index in [0.29, 0.717) is 0 Å². The molecule has 2 aromatic heterocycles. The summed E-state index contributed by atoms with van der Waals surface area (Å²) in [7, 11) is 0. The Balaban J connectivity index is 1.93. The van der Waals surface area contributed by atoms with E-state index >= 15 is 0 Å². The Morgan fingerprint density at radius 1 is 0.652 bits per heavy atom. The fourth-order valence-corrected chi connectivity index (χ4v) is 3.41. The molecule has 0 bridgehead atoms. The Morgan fingerprint density at radius 3 is 2.09 bits per heavy atom. The van der Waals surface area contributed by atoms with Gasteiger partial charge < -0.3 is 4.57 Å². The van der Waals surface area contributed by atoms with Crippen LogP contribution < -0.4 is 0 Å². The Kier molecular flexibility index (Phi) is 2.53. The second-order valence-corrected chi connectivity index (χ2v) is 5.78. The van der Waals surface area contributed by atoms with Crippen molar-refractivity contribution in [3.63, 3.8) is 0 Å². The fraction of sp³-hybridized carbons (Fsp3) is 0. The zero-order chi connectivity index (χ0) is 15.2. The van der Waals surface area contributed by atoms with Gasteiger partial charge in [-0.25, -0.2) is 0 Å². The minimum atomic E-state index is 1.16. The Morgan fingerprint density at radius 2 is 1.35 bits per heavy atom. The van der Waals surface area contributed by atoms with Crippen LogP contribution in [0.2, 0.25) is 0 Å². The molecule has 0 aliphatic heterocycles. The normalized spacial score (nSPS) is 11.5. The summed E-state index contributed by atoms with van der Waals surface area (Å²) in [6.07, 6.45) is 3.75. The third-order valence-electron chi connectivity index (χ3n) is 4.46. The molecule has 0 spiro atoms. The average Bonchev–Trinajstić information content (AvgIpc) is 2.96. The monoisotopic (exact) mass is 294 g/mol. The van der Waals surface area contributed by atoms with E-state index < -0.39 is 0 Å². The molecular weight excluding hydrogens is 280 g/mol. The van der Waals surface area contributed by atoms with Crippen LogP contribution in [0.1, 0.15) is 0 Å². The molecule has 0 aliphatic carbocycles. The summed E-state index contributed by atoms with van der Waals surface area (Å²) in [4.78, 5) is 4.20. The number of nitrogens with zero attached hydrogens (tertiary/aromatic N) is 2. The zero-order valence-corrected chi connectivity index (χ0v) is 12.5. The first kappa shape index (κ1) is 12.4. The van der Waals surface area contributed by atoms with Crippen molar-refractivity contribution >= 4 is 32.6 Å². The van der Waals surface area contributed by atoms with Crippen LogP contribution in [0.15, 0.2) is 85.2 Å². The van der Waals surface area contributed by atoms with Gasteiger partial charge in [0.05, 0.1) is 11.0 Å². The van der Waals surface area contributed by atoms with E-state index in [0.717, 1.165) is 5.39 Å². The highest BCUT2D eigenvalue weighted by molar-refractivity contribution is 6.09. The van der Waals surface area contributed by atoms with Crippen molar-refractivity contribution in [2.24, 2.45) is 0 Å². The number of fused-ring (bicyclic) bond motifs is 4. The van der Waals surface area contributed by atoms with Crippen molar-refractivity contribution in [2.45, 2.75) is 0 Å². The van der Waals surface area contributed by atoms with Crippen LogP contribution in [-0.2, 0) is 0 Å². The van der Waals surface area contributed by atoms with E-state index in [1.165, 1.54) is 32.9 Å². The first-order chi connectivity index (χ1) is 11.4. The molecule has 2 heterocycles. The van der Waals surface area contributed by atoms with Crippen molar-refractivity contribution in [3.05, 3.63) is 85.2 Å². The van der Waals surface area contributed by atoms with E-state index in [1.54, 1.807) is 0 Å². The smallest absolute Gasteiger partial charge is 0.0541 e. The lowest BCUT2D eigenvalue weighted by atomic mass is 10.1. The average molecular weight is 294 g/mol. The number of para-hydroxylation sites is 2. The van der Waals surface area contributed by atoms with Gasteiger partial charge in [0.1, 0.15) is 0 Å². The van der Waals surface area contributed by atoms with Crippen LogP contribution in [0.5, 0.6) is 0 Å². The van der Waals surface area contributed by atoms with E-state index in [-0.39, 0.29) is 0 Å². The summed E-state index contributed by atoms with van der Waals surface area (Å²) in [5.74, 6) is 0. The fourth-order valence-electron chi connectivity index (χ4n) is 3.41. The van der Waals surface area contributed by atoms with Gasteiger partial charge in [0.2, 0.25) is 0 Å². The first-order valence-electron chi connectivity index (χ1n) is 7.74. The Bertz CT molecular complexity index is 1110. The first-order valence-corrected chi connectivity index (χ1v) is 7.74. The number of benzene rings is 3. The molecular formula is C21H14N2. The number of pyridine rings is 1.